The summed E-state index contributed by atoms with van der Waals surface area (Å²) in [6, 6.07) is 9.86. The largest absolute Gasteiger partial charge is 0.372 e. The Kier molecular flexibility index (Phi) is 3.55. The van der Waals surface area contributed by atoms with Crippen molar-refractivity contribution in [1.29, 1.82) is 5.26 Å². The molecular weight excluding hydrogens is 200 g/mol. The summed E-state index contributed by atoms with van der Waals surface area (Å²) in [6.07, 6.45) is 3.39. The quantitative estimate of drug-likeness (QED) is 0.840. The van der Waals surface area contributed by atoms with Crippen LogP contribution in [-0.2, 0) is 11.3 Å². The second-order valence-corrected chi connectivity index (χ2v) is 4.21. The van der Waals surface area contributed by atoms with Gasteiger partial charge in [0.1, 0.15) is 0 Å². The molecule has 1 aromatic rings. The fourth-order valence-corrected chi connectivity index (χ4v) is 2.11. The molecule has 2 atom stereocenters. The van der Waals surface area contributed by atoms with E-state index in [2.05, 4.69) is 6.07 Å². The van der Waals surface area contributed by atoms with Crippen molar-refractivity contribution in [3.8, 4) is 6.07 Å². The Bertz CT molecular complexity index is 397. The van der Waals surface area contributed by atoms with Gasteiger partial charge in [0.25, 0.3) is 0 Å². The lowest BCUT2D eigenvalue weighted by molar-refractivity contribution is 0.0356. The van der Waals surface area contributed by atoms with E-state index in [4.69, 9.17) is 15.7 Å². The lowest BCUT2D eigenvalue weighted by Gasteiger charge is -2.16. The maximum absolute atomic E-state index is 8.93. The molecule has 2 rings (SSSR count). The van der Waals surface area contributed by atoms with Crippen molar-refractivity contribution in [3.05, 3.63) is 35.4 Å². The highest BCUT2D eigenvalue weighted by Gasteiger charge is 2.24. The number of nitrogens with zero attached hydrogens (tertiary/aromatic N) is 1. The van der Waals surface area contributed by atoms with E-state index < -0.39 is 0 Å². The molecule has 0 radical (unpaired) electrons. The van der Waals surface area contributed by atoms with E-state index >= 15 is 0 Å². The summed E-state index contributed by atoms with van der Waals surface area (Å²) in [4.78, 5) is 0. The van der Waals surface area contributed by atoms with E-state index in [1.807, 2.05) is 24.3 Å². The molecule has 1 fully saturated rings. The Morgan fingerprint density at radius 3 is 2.88 bits per heavy atom. The van der Waals surface area contributed by atoms with Gasteiger partial charge < -0.3 is 10.5 Å². The normalized spacial score (nSPS) is 24.2. The van der Waals surface area contributed by atoms with E-state index in [1.54, 1.807) is 0 Å². The van der Waals surface area contributed by atoms with Crippen molar-refractivity contribution in [2.75, 3.05) is 0 Å². The number of nitriles is 1. The molecule has 0 aromatic heterocycles. The van der Waals surface area contributed by atoms with E-state index in [0.717, 1.165) is 24.8 Å². The molecule has 1 aromatic carbocycles. The molecule has 0 bridgehead atoms. The summed E-state index contributed by atoms with van der Waals surface area (Å²) in [6.45, 7) is 0.488. The summed E-state index contributed by atoms with van der Waals surface area (Å²) in [5.74, 6) is 0. The molecule has 3 nitrogen and oxygen atoms in total. The Labute approximate surface area is 95.8 Å². The number of nitrogens with two attached hydrogens (primary N) is 1. The Morgan fingerprint density at radius 2 is 2.19 bits per heavy atom. The van der Waals surface area contributed by atoms with Crippen molar-refractivity contribution in [2.45, 2.75) is 38.0 Å². The van der Waals surface area contributed by atoms with Gasteiger partial charge in [-0.05, 0) is 30.9 Å². The van der Waals surface area contributed by atoms with Crippen LogP contribution in [0.1, 0.15) is 30.4 Å². The van der Waals surface area contributed by atoms with E-state index in [9.17, 15) is 0 Å². The molecule has 1 aliphatic rings. The molecule has 3 heteroatoms. The third-order valence-electron chi connectivity index (χ3n) is 3.09. The molecule has 0 amide bonds. The predicted molar refractivity (Wildman–Crippen MR) is 61.6 cm³/mol. The van der Waals surface area contributed by atoms with Gasteiger partial charge in [0.2, 0.25) is 0 Å². The first-order valence-electron chi connectivity index (χ1n) is 5.66. The van der Waals surface area contributed by atoms with Crippen LogP contribution < -0.4 is 5.73 Å². The Balaban J connectivity index is 1.97. The van der Waals surface area contributed by atoms with Gasteiger partial charge in [0.05, 0.1) is 24.3 Å². The van der Waals surface area contributed by atoms with Crippen LogP contribution in [0.25, 0.3) is 0 Å². The third kappa shape index (κ3) is 2.41. The summed E-state index contributed by atoms with van der Waals surface area (Å²) in [5.41, 5.74) is 7.56. The minimum atomic E-state index is 0.159. The molecule has 1 aliphatic carbocycles. The fraction of sp³-hybridized carbons (Fsp3) is 0.462. The number of ether oxygens (including phenoxy) is 1. The second-order valence-electron chi connectivity index (χ2n) is 4.21. The molecule has 1 saturated carbocycles. The first kappa shape index (κ1) is 11.1. The second kappa shape index (κ2) is 5.11. The number of hydrogen-bond donors (Lipinski definition) is 1. The fourth-order valence-electron chi connectivity index (χ4n) is 2.11. The standard InChI is InChI=1S/C13H16N2O/c14-8-10-4-1-2-5-11(10)9-16-13-7-3-6-12(13)15/h1-2,4-5,12-13H,3,6-7,9,15H2. The van der Waals surface area contributed by atoms with Crippen LogP contribution in [0.4, 0.5) is 0 Å². The van der Waals surface area contributed by atoms with Crippen LogP contribution in [0, 0.1) is 11.3 Å². The van der Waals surface area contributed by atoms with Gasteiger partial charge in [0.15, 0.2) is 0 Å². The zero-order valence-corrected chi connectivity index (χ0v) is 9.23. The van der Waals surface area contributed by atoms with Gasteiger partial charge in [0, 0.05) is 6.04 Å². The van der Waals surface area contributed by atoms with Gasteiger partial charge >= 0.3 is 0 Å². The van der Waals surface area contributed by atoms with Crippen LogP contribution in [0.2, 0.25) is 0 Å². The van der Waals surface area contributed by atoms with E-state index in [1.165, 1.54) is 0 Å². The Morgan fingerprint density at radius 1 is 1.38 bits per heavy atom. The molecule has 84 valence electrons. The molecule has 16 heavy (non-hydrogen) atoms. The summed E-state index contributed by atoms with van der Waals surface area (Å²) < 4.78 is 5.77. The average molecular weight is 216 g/mol. The zero-order chi connectivity index (χ0) is 11.4. The van der Waals surface area contributed by atoms with E-state index in [-0.39, 0.29) is 12.1 Å². The van der Waals surface area contributed by atoms with Crippen molar-refractivity contribution in [2.24, 2.45) is 5.73 Å². The molecule has 2 unspecified atom stereocenters. The average Bonchev–Trinajstić information content (AvgIpc) is 2.72. The summed E-state index contributed by atoms with van der Waals surface area (Å²) in [7, 11) is 0. The van der Waals surface area contributed by atoms with Crippen LogP contribution in [-0.4, -0.2) is 12.1 Å². The van der Waals surface area contributed by atoms with Gasteiger partial charge in [-0.25, -0.2) is 0 Å². The van der Waals surface area contributed by atoms with Gasteiger partial charge in [-0.15, -0.1) is 0 Å². The van der Waals surface area contributed by atoms with Crippen LogP contribution in [0.5, 0.6) is 0 Å². The molecular formula is C13H16N2O. The van der Waals surface area contributed by atoms with Gasteiger partial charge in [-0.3, -0.25) is 0 Å². The minimum absolute atomic E-state index is 0.159. The van der Waals surface area contributed by atoms with Crippen LogP contribution in [0.15, 0.2) is 24.3 Å². The number of benzene rings is 1. The highest BCUT2D eigenvalue weighted by Crippen LogP contribution is 2.22. The lowest BCUT2D eigenvalue weighted by atomic mass is 10.1. The lowest BCUT2D eigenvalue weighted by Crippen LogP contribution is -2.31. The summed E-state index contributed by atoms with van der Waals surface area (Å²) >= 11 is 0. The SMILES string of the molecule is N#Cc1ccccc1COC1CCCC1N. The Hall–Kier alpha value is -1.37. The maximum Gasteiger partial charge on any atom is 0.0995 e. The van der Waals surface area contributed by atoms with Crippen molar-refractivity contribution >= 4 is 0 Å². The third-order valence-corrected chi connectivity index (χ3v) is 3.09. The van der Waals surface area contributed by atoms with E-state index in [0.29, 0.717) is 12.2 Å². The van der Waals surface area contributed by atoms with Crippen molar-refractivity contribution in [1.82, 2.24) is 0 Å². The number of hydrogen-bond acceptors (Lipinski definition) is 3. The monoisotopic (exact) mass is 216 g/mol. The molecule has 0 heterocycles. The van der Waals surface area contributed by atoms with Gasteiger partial charge in [-0.2, -0.15) is 5.26 Å². The first-order valence-corrected chi connectivity index (χ1v) is 5.66. The first-order chi connectivity index (χ1) is 7.81. The molecule has 2 N–H and O–H groups in total. The molecule has 0 spiro atoms. The highest BCUT2D eigenvalue weighted by molar-refractivity contribution is 5.36. The van der Waals surface area contributed by atoms with Crippen LogP contribution in [0.3, 0.4) is 0 Å². The highest BCUT2D eigenvalue weighted by atomic mass is 16.5. The molecule has 0 saturated heterocycles. The predicted octanol–water partition coefficient (Wildman–Crippen LogP) is 1.95. The number of rotatable bonds is 3. The minimum Gasteiger partial charge on any atom is -0.372 e. The van der Waals surface area contributed by atoms with Crippen molar-refractivity contribution < 1.29 is 4.74 Å². The van der Waals surface area contributed by atoms with Crippen molar-refractivity contribution in [3.63, 3.8) is 0 Å². The molecule has 0 aliphatic heterocycles. The summed E-state index contributed by atoms with van der Waals surface area (Å²) in [5, 5.41) is 8.93. The van der Waals surface area contributed by atoms with Gasteiger partial charge in [-0.1, -0.05) is 18.2 Å². The topological polar surface area (TPSA) is 59.0 Å². The smallest absolute Gasteiger partial charge is 0.0995 e. The maximum atomic E-state index is 8.93. The zero-order valence-electron chi connectivity index (χ0n) is 9.23. The van der Waals surface area contributed by atoms with Crippen LogP contribution >= 0.6 is 0 Å².